The summed E-state index contributed by atoms with van der Waals surface area (Å²) in [4.78, 5) is 0. The number of halogens is 1. The molecule has 2 aromatic rings. The van der Waals surface area contributed by atoms with Gasteiger partial charge < -0.3 is 5.32 Å². The van der Waals surface area contributed by atoms with E-state index in [0.717, 1.165) is 5.02 Å². The van der Waals surface area contributed by atoms with Gasteiger partial charge in [-0.1, -0.05) is 48.0 Å². The van der Waals surface area contributed by atoms with Gasteiger partial charge in [-0.25, -0.2) is 0 Å². The third kappa shape index (κ3) is 2.29. The lowest BCUT2D eigenvalue weighted by Gasteiger charge is -2.04. The van der Waals surface area contributed by atoms with Crippen LogP contribution >= 0.6 is 11.6 Å². The van der Waals surface area contributed by atoms with Gasteiger partial charge in [0.05, 0.1) is 0 Å². The zero-order chi connectivity index (χ0) is 12.5. The van der Waals surface area contributed by atoms with Gasteiger partial charge in [-0.3, -0.25) is 0 Å². The van der Waals surface area contributed by atoms with Crippen LogP contribution in [0, 0.1) is 0 Å². The summed E-state index contributed by atoms with van der Waals surface area (Å²) < 4.78 is 0. The van der Waals surface area contributed by atoms with Crippen molar-refractivity contribution in [2.24, 2.45) is 0 Å². The normalized spacial score (nSPS) is 21.9. The molecule has 92 valence electrons. The fourth-order valence-electron chi connectivity index (χ4n) is 2.45. The van der Waals surface area contributed by atoms with Crippen LogP contribution in [0.3, 0.4) is 0 Å². The van der Waals surface area contributed by atoms with Gasteiger partial charge in [0, 0.05) is 17.0 Å². The second-order valence-corrected chi connectivity index (χ2v) is 5.30. The summed E-state index contributed by atoms with van der Waals surface area (Å²) in [5.74, 6) is 0.703. The van der Waals surface area contributed by atoms with Gasteiger partial charge in [-0.05, 0) is 42.3 Å². The van der Waals surface area contributed by atoms with E-state index in [2.05, 4.69) is 41.7 Å². The second-order valence-electron chi connectivity index (χ2n) is 4.87. The highest BCUT2D eigenvalue weighted by Crippen LogP contribution is 2.40. The highest BCUT2D eigenvalue weighted by atomic mass is 35.5. The van der Waals surface area contributed by atoms with Gasteiger partial charge >= 0.3 is 0 Å². The Morgan fingerprint density at radius 2 is 1.50 bits per heavy atom. The van der Waals surface area contributed by atoms with E-state index in [0.29, 0.717) is 12.0 Å². The first-order valence-corrected chi connectivity index (χ1v) is 6.69. The Hall–Kier alpha value is -1.31. The Balaban J connectivity index is 1.81. The van der Waals surface area contributed by atoms with Crippen molar-refractivity contribution in [3.05, 3.63) is 59.1 Å². The molecular formula is C16H16ClN. The minimum atomic E-state index is 0.673. The molecule has 0 amide bonds. The number of rotatable bonds is 3. The maximum absolute atomic E-state index is 5.90. The monoisotopic (exact) mass is 257 g/mol. The van der Waals surface area contributed by atoms with E-state index in [9.17, 15) is 0 Å². The van der Waals surface area contributed by atoms with Crippen LogP contribution in [0.25, 0.3) is 11.1 Å². The average Bonchev–Trinajstić information content (AvgIpc) is 3.19. The largest absolute Gasteiger partial charge is 0.316 e. The Kier molecular flexibility index (Phi) is 3.11. The van der Waals surface area contributed by atoms with Gasteiger partial charge in [0.25, 0.3) is 0 Å². The first kappa shape index (κ1) is 11.8. The van der Waals surface area contributed by atoms with Crippen molar-refractivity contribution in [2.45, 2.75) is 18.4 Å². The van der Waals surface area contributed by atoms with Crippen LogP contribution in [0.5, 0.6) is 0 Å². The molecule has 0 radical (unpaired) electrons. The molecule has 0 aromatic heterocycles. The van der Waals surface area contributed by atoms with Gasteiger partial charge in [-0.15, -0.1) is 0 Å². The Labute approximate surface area is 113 Å². The van der Waals surface area contributed by atoms with Crippen LogP contribution in [0.2, 0.25) is 5.02 Å². The van der Waals surface area contributed by atoms with Crippen molar-refractivity contribution >= 4 is 11.6 Å². The standard InChI is InChI=1S/C16H16ClN/c1-18-16-10-15(16)13-4-2-11(3-5-13)12-6-8-14(17)9-7-12/h2-9,15-16,18H,10H2,1H3. The van der Waals surface area contributed by atoms with E-state index in [1.165, 1.54) is 23.1 Å². The van der Waals surface area contributed by atoms with Gasteiger partial charge in [0.2, 0.25) is 0 Å². The maximum Gasteiger partial charge on any atom is 0.0406 e. The second kappa shape index (κ2) is 4.75. The molecule has 3 rings (SSSR count). The number of benzene rings is 2. The fraction of sp³-hybridized carbons (Fsp3) is 0.250. The quantitative estimate of drug-likeness (QED) is 0.874. The number of likely N-dealkylation sites (N-methyl/N-ethyl adjacent to an activating group) is 1. The Morgan fingerprint density at radius 1 is 0.944 bits per heavy atom. The molecule has 1 aliphatic carbocycles. The molecule has 0 heterocycles. The lowest BCUT2D eigenvalue weighted by Crippen LogP contribution is -2.10. The summed E-state index contributed by atoms with van der Waals surface area (Å²) in [6, 6.07) is 17.5. The lowest BCUT2D eigenvalue weighted by molar-refractivity contribution is 0.784. The topological polar surface area (TPSA) is 12.0 Å². The Morgan fingerprint density at radius 3 is 2.00 bits per heavy atom. The SMILES string of the molecule is CNC1CC1c1ccc(-c2ccc(Cl)cc2)cc1. The minimum absolute atomic E-state index is 0.673. The van der Waals surface area contributed by atoms with E-state index in [4.69, 9.17) is 11.6 Å². The van der Waals surface area contributed by atoms with Crippen molar-refractivity contribution < 1.29 is 0 Å². The first-order valence-electron chi connectivity index (χ1n) is 6.31. The molecule has 0 aliphatic heterocycles. The molecule has 0 bridgehead atoms. The highest BCUT2D eigenvalue weighted by molar-refractivity contribution is 6.30. The molecule has 1 nitrogen and oxygen atoms in total. The van der Waals surface area contributed by atoms with E-state index < -0.39 is 0 Å². The van der Waals surface area contributed by atoms with Crippen LogP contribution in [-0.2, 0) is 0 Å². The summed E-state index contributed by atoms with van der Waals surface area (Å²) >= 11 is 5.90. The first-order chi connectivity index (χ1) is 8.78. The summed E-state index contributed by atoms with van der Waals surface area (Å²) in [6.07, 6.45) is 1.26. The molecule has 1 N–H and O–H groups in total. The molecule has 1 saturated carbocycles. The molecule has 2 aromatic carbocycles. The molecule has 1 aliphatic rings. The fourth-order valence-corrected chi connectivity index (χ4v) is 2.57. The van der Waals surface area contributed by atoms with Crippen molar-refractivity contribution in [2.75, 3.05) is 7.05 Å². The predicted octanol–water partition coefficient (Wildman–Crippen LogP) is 4.08. The molecule has 0 spiro atoms. The van der Waals surface area contributed by atoms with E-state index in [1.54, 1.807) is 0 Å². The number of nitrogens with one attached hydrogen (secondary N) is 1. The van der Waals surface area contributed by atoms with Crippen molar-refractivity contribution in [1.29, 1.82) is 0 Å². The van der Waals surface area contributed by atoms with Gasteiger partial charge in [-0.2, -0.15) is 0 Å². The molecule has 2 atom stereocenters. The van der Waals surface area contributed by atoms with Crippen LogP contribution in [0.1, 0.15) is 17.9 Å². The molecule has 2 unspecified atom stereocenters. The van der Waals surface area contributed by atoms with E-state index in [1.807, 2.05) is 19.2 Å². The molecule has 2 heteroatoms. The molecule has 1 fully saturated rings. The predicted molar refractivity (Wildman–Crippen MR) is 77.1 cm³/mol. The third-order valence-corrected chi connectivity index (χ3v) is 3.93. The van der Waals surface area contributed by atoms with Crippen LogP contribution in [0.15, 0.2) is 48.5 Å². The van der Waals surface area contributed by atoms with Crippen molar-refractivity contribution in [3.8, 4) is 11.1 Å². The lowest BCUT2D eigenvalue weighted by atomic mass is 10.0. The van der Waals surface area contributed by atoms with E-state index >= 15 is 0 Å². The van der Waals surface area contributed by atoms with Crippen molar-refractivity contribution in [1.82, 2.24) is 5.32 Å². The van der Waals surface area contributed by atoms with Crippen LogP contribution < -0.4 is 5.32 Å². The van der Waals surface area contributed by atoms with Gasteiger partial charge in [0.1, 0.15) is 0 Å². The summed E-state index contributed by atoms with van der Waals surface area (Å²) in [5, 5.41) is 4.11. The van der Waals surface area contributed by atoms with Crippen LogP contribution in [-0.4, -0.2) is 13.1 Å². The zero-order valence-electron chi connectivity index (χ0n) is 10.4. The molecule has 18 heavy (non-hydrogen) atoms. The zero-order valence-corrected chi connectivity index (χ0v) is 11.1. The van der Waals surface area contributed by atoms with E-state index in [-0.39, 0.29) is 0 Å². The molecular weight excluding hydrogens is 242 g/mol. The molecule has 0 saturated heterocycles. The van der Waals surface area contributed by atoms with Gasteiger partial charge in [0.15, 0.2) is 0 Å². The summed E-state index contributed by atoms with van der Waals surface area (Å²) in [7, 11) is 2.03. The summed E-state index contributed by atoms with van der Waals surface area (Å²) in [5.41, 5.74) is 3.90. The average molecular weight is 258 g/mol. The van der Waals surface area contributed by atoms with Crippen molar-refractivity contribution in [3.63, 3.8) is 0 Å². The maximum atomic E-state index is 5.90. The highest BCUT2D eigenvalue weighted by Gasteiger charge is 2.36. The summed E-state index contributed by atoms with van der Waals surface area (Å²) in [6.45, 7) is 0. The van der Waals surface area contributed by atoms with Crippen LogP contribution in [0.4, 0.5) is 0 Å². The number of hydrogen-bond acceptors (Lipinski definition) is 1. The minimum Gasteiger partial charge on any atom is -0.316 e. The third-order valence-electron chi connectivity index (χ3n) is 3.68. The Bertz CT molecular complexity index is 530. The smallest absolute Gasteiger partial charge is 0.0406 e. The number of hydrogen-bond donors (Lipinski definition) is 1.